The van der Waals surface area contributed by atoms with Gasteiger partial charge in [-0.1, -0.05) is 12.1 Å². The highest BCUT2D eigenvalue weighted by Gasteiger charge is 2.21. The molecule has 6 heteroatoms. The fourth-order valence-electron chi connectivity index (χ4n) is 4.37. The van der Waals surface area contributed by atoms with Crippen LogP contribution in [0, 0.1) is 5.82 Å². The predicted octanol–water partition coefficient (Wildman–Crippen LogP) is 4.93. The minimum atomic E-state index is -0.245. The summed E-state index contributed by atoms with van der Waals surface area (Å²) in [4.78, 5) is 14.5. The van der Waals surface area contributed by atoms with Crippen molar-refractivity contribution in [3.05, 3.63) is 60.0 Å². The van der Waals surface area contributed by atoms with Gasteiger partial charge in [-0.2, -0.15) is 0 Å². The average Bonchev–Trinajstić information content (AvgIpc) is 3.16. The van der Waals surface area contributed by atoms with Gasteiger partial charge in [-0.3, -0.25) is 4.79 Å². The van der Waals surface area contributed by atoms with Crippen molar-refractivity contribution in [1.29, 1.82) is 0 Å². The van der Waals surface area contributed by atoms with Crippen molar-refractivity contribution in [2.24, 2.45) is 0 Å². The third kappa shape index (κ3) is 4.90. The number of hydrogen-bond donors (Lipinski definition) is 0. The van der Waals surface area contributed by atoms with Gasteiger partial charge in [0.2, 0.25) is 0 Å². The van der Waals surface area contributed by atoms with Crippen LogP contribution in [0.5, 0.6) is 11.5 Å². The van der Waals surface area contributed by atoms with E-state index in [0.717, 1.165) is 73.4 Å². The van der Waals surface area contributed by atoms with Crippen LogP contribution < -0.4 is 9.47 Å². The van der Waals surface area contributed by atoms with Crippen molar-refractivity contribution in [2.75, 3.05) is 26.7 Å². The molecule has 0 amide bonds. The maximum Gasteiger partial charge on any atom is 0.161 e. The van der Waals surface area contributed by atoms with Crippen LogP contribution in [0.4, 0.5) is 4.39 Å². The van der Waals surface area contributed by atoms with Crippen LogP contribution in [-0.4, -0.2) is 48.1 Å². The highest BCUT2D eigenvalue weighted by Crippen LogP contribution is 2.30. The Balaban J connectivity index is 1.32. The van der Waals surface area contributed by atoms with Gasteiger partial charge in [0.1, 0.15) is 23.4 Å². The third-order valence-electron chi connectivity index (χ3n) is 5.98. The van der Waals surface area contributed by atoms with E-state index >= 15 is 0 Å². The van der Waals surface area contributed by atoms with Crippen molar-refractivity contribution in [3.63, 3.8) is 0 Å². The molecule has 3 aromatic rings. The fraction of sp³-hybridized carbons (Fsp3) is 0.400. The molecule has 0 spiro atoms. The van der Waals surface area contributed by atoms with Crippen molar-refractivity contribution >= 4 is 16.7 Å². The molecule has 2 aromatic carbocycles. The zero-order valence-corrected chi connectivity index (χ0v) is 18.1. The second-order valence-electron chi connectivity index (χ2n) is 8.12. The summed E-state index contributed by atoms with van der Waals surface area (Å²) >= 11 is 0. The molecular formula is C25H29FN2O3. The molecule has 2 heterocycles. The van der Waals surface area contributed by atoms with Crippen LogP contribution in [0.2, 0.25) is 0 Å². The first-order chi connectivity index (χ1) is 15.0. The molecule has 4 rings (SSSR count). The second kappa shape index (κ2) is 9.52. The van der Waals surface area contributed by atoms with E-state index < -0.39 is 0 Å². The number of fused-ring (bicyclic) bond motifs is 1. The standard InChI is InChI=1S/C25H29FN2O3/c1-18(29)23-17-28(25-22(23)5-3-6-24(25)30-2)14-4-13-27-15-11-21(12-16-27)31-20-9-7-19(26)8-10-20/h3,5-10,17,21H,4,11-16H2,1-2H3. The number of piperidine rings is 1. The summed E-state index contributed by atoms with van der Waals surface area (Å²) in [6.45, 7) is 5.40. The van der Waals surface area contributed by atoms with Gasteiger partial charge in [-0.05, 0) is 63.1 Å². The van der Waals surface area contributed by atoms with Crippen LogP contribution in [0.3, 0.4) is 0 Å². The summed E-state index contributed by atoms with van der Waals surface area (Å²) in [5, 5.41) is 0.950. The number of carbonyl (C=O) groups excluding carboxylic acids is 1. The average molecular weight is 425 g/mol. The topological polar surface area (TPSA) is 43.7 Å². The number of benzene rings is 2. The highest BCUT2D eigenvalue weighted by atomic mass is 19.1. The number of nitrogens with zero attached hydrogens (tertiary/aromatic N) is 2. The summed E-state index contributed by atoms with van der Waals surface area (Å²) in [5.74, 6) is 1.35. The number of ketones is 1. The third-order valence-corrected chi connectivity index (χ3v) is 5.98. The number of methoxy groups -OCH3 is 1. The fourth-order valence-corrected chi connectivity index (χ4v) is 4.37. The molecule has 0 unspecified atom stereocenters. The summed E-state index contributed by atoms with van der Waals surface area (Å²) in [7, 11) is 1.66. The molecule has 0 atom stereocenters. The summed E-state index contributed by atoms with van der Waals surface area (Å²) in [6.07, 6.45) is 5.05. The molecular weight excluding hydrogens is 395 g/mol. The first-order valence-corrected chi connectivity index (χ1v) is 10.9. The molecule has 0 saturated carbocycles. The van der Waals surface area contributed by atoms with E-state index in [9.17, 15) is 9.18 Å². The Morgan fingerprint density at radius 2 is 1.84 bits per heavy atom. The van der Waals surface area contributed by atoms with E-state index in [1.54, 1.807) is 26.2 Å². The van der Waals surface area contributed by atoms with Crippen LogP contribution in [-0.2, 0) is 6.54 Å². The molecule has 1 aromatic heterocycles. The molecule has 0 radical (unpaired) electrons. The molecule has 5 nitrogen and oxygen atoms in total. The Bertz CT molecular complexity index is 1040. The SMILES string of the molecule is COc1cccc2c(C(C)=O)cn(CCCN3CCC(Oc4ccc(F)cc4)CC3)c12. The Morgan fingerprint density at radius 1 is 1.10 bits per heavy atom. The van der Waals surface area contributed by atoms with Gasteiger partial charge in [-0.15, -0.1) is 0 Å². The minimum absolute atomic E-state index is 0.0697. The number of rotatable bonds is 8. The molecule has 1 aliphatic rings. The molecule has 1 aliphatic heterocycles. The van der Waals surface area contributed by atoms with Crippen LogP contribution >= 0.6 is 0 Å². The van der Waals surface area contributed by atoms with E-state index in [1.807, 2.05) is 24.4 Å². The second-order valence-corrected chi connectivity index (χ2v) is 8.12. The number of Topliss-reactive ketones (excluding diaryl/α,β-unsaturated/α-hetero) is 1. The van der Waals surface area contributed by atoms with Crippen molar-refractivity contribution < 1.29 is 18.7 Å². The monoisotopic (exact) mass is 424 g/mol. The van der Waals surface area contributed by atoms with E-state index in [-0.39, 0.29) is 17.7 Å². The normalized spacial score (nSPS) is 15.3. The Hall–Kier alpha value is -2.86. The molecule has 0 bridgehead atoms. The van der Waals surface area contributed by atoms with Crippen LogP contribution in [0.25, 0.3) is 10.9 Å². The first kappa shape index (κ1) is 21.4. The maximum absolute atomic E-state index is 13.0. The highest BCUT2D eigenvalue weighted by molar-refractivity contribution is 6.08. The van der Waals surface area contributed by atoms with Crippen molar-refractivity contribution in [3.8, 4) is 11.5 Å². The van der Waals surface area contributed by atoms with E-state index in [0.29, 0.717) is 0 Å². The van der Waals surface area contributed by atoms with Gasteiger partial charge in [0.25, 0.3) is 0 Å². The van der Waals surface area contributed by atoms with E-state index in [2.05, 4.69) is 9.47 Å². The molecule has 1 fully saturated rings. The largest absolute Gasteiger partial charge is 0.495 e. The summed E-state index contributed by atoms with van der Waals surface area (Å²) < 4.78 is 26.7. The number of aromatic nitrogens is 1. The van der Waals surface area contributed by atoms with Crippen LogP contribution in [0.15, 0.2) is 48.7 Å². The smallest absolute Gasteiger partial charge is 0.161 e. The Labute approximate surface area is 182 Å². The van der Waals surface area contributed by atoms with Gasteiger partial charge in [0.15, 0.2) is 5.78 Å². The lowest BCUT2D eigenvalue weighted by Gasteiger charge is -2.32. The number of aryl methyl sites for hydroxylation is 1. The maximum atomic E-state index is 13.0. The van der Waals surface area contributed by atoms with Gasteiger partial charge in [-0.25, -0.2) is 4.39 Å². The number of ether oxygens (including phenoxy) is 2. The molecule has 0 N–H and O–H groups in total. The molecule has 31 heavy (non-hydrogen) atoms. The van der Waals surface area contributed by atoms with Crippen molar-refractivity contribution in [1.82, 2.24) is 9.47 Å². The first-order valence-electron chi connectivity index (χ1n) is 10.9. The number of para-hydroxylation sites is 1. The van der Waals surface area contributed by atoms with Gasteiger partial charge in [0.05, 0.1) is 12.6 Å². The molecule has 0 aliphatic carbocycles. The Morgan fingerprint density at radius 3 is 2.52 bits per heavy atom. The Kier molecular flexibility index (Phi) is 6.56. The number of hydrogen-bond acceptors (Lipinski definition) is 4. The van der Waals surface area contributed by atoms with Gasteiger partial charge in [0, 0.05) is 36.8 Å². The van der Waals surface area contributed by atoms with Gasteiger partial charge >= 0.3 is 0 Å². The zero-order valence-electron chi connectivity index (χ0n) is 18.1. The number of carbonyl (C=O) groups is 1. The lowest BCUT2D eigenvalue weighted by molar-refractivity contribution is 0.0992. The lowest BCUT2D eigenvalue weighted by atomic mass is 10.1. The van der Waals surface area contributed by atoms with E-state index in [4.69, 9.17) is 9.47 Å². The van der Waals surface area contributed by atoms with Gasteiger partial charge < -0.3 is 18.9 Å². The minimum Gasteiger partial charge on any atom is -0.495 e. The zero-order chi connectivity index (χ0) is 21.8. The van der Waals surface area contributed by atoms with Crippen molar-refractivity contribution in [2.45, 2.75) is 38.8 Å². The molecule has 164 valence electrons. The number of likely N-dealkylation sites (tertiary alicyclic amines) is 1. The lowest BCUT2D eigenvalue weighted by Crippen LogP contribution is -2.38. The number of halogens is 1. The summed E-state index contributed by atoms with van der Waals surface area (Å²) in [5.41, 5.74) is 1.73. The predicted molar refractivity (Wildman–Crippen MR) is 120 cm³/mol. The van der Waals surface area contributed by atoms with Crippen LogP contribution in [0.1, 0.15) is 36.5 Å². The molecule has 1 saturated heterocycles. The quantitative estimate of drug-likeness (QED) is 0.481. The summed E-state index contributed by atoms with van der Waals surface area (Å²) in [6, 6.07) is 12.1. The van der Waals surface area contributed by atoms with E-state index in [1.165, 1.54) is 12.1 Å².